The highest BCUT2D eigenvalue weighted by Crippen LogP contribution is 2.41. The van der Waals surface area contributed by atoms with Gasteiger partial charge in [0.2, 0.25) is 0 Å². The molecule has 1 atom stereocenters. The summed E-state index contributed by atoms with van der Waals surface area (Å²) in [5, 5.41) is 21.5. The molecule has 8 heteroatoms. The second-order valence-electron chi connectivity index (χ2n) is 8.77. The van der Waals surface area contributed by atoms with Gasteiger partial charge in [-0.25, -0.2) is 0 Å². The Hall–Kier alpha value is -3.52. The SMILES string of the molecule is COc1ccc(C2/C(=C(/O)c3ccc(OC(C)C)cc3)C(=O)C(=O)N2CCCN(C)C)cc1O. The zero-order chi connectivity index (χ0) is 25.0. The number of likely N-dealkylation sites (tertiary alicyclic amines) is 1. The van der Waals surface area contributed by atoms with Gasteiger partial charge in [0, 0.05) is 12.1 Å². The molecule has 1 aliphatic rings. The number of carbonyl (C=O) groups is 2. The maximum atomic E-state index is 13.1. The lowest BCUT2D eigenvalue weighted by Crippen LogP contribution is -2.32. The van der Waals surface area contributed by atoms with Crippen molar-refractivity contribution in [2.45, 2.75) is 32.4 Å². The van der Waals surface area contributed by atoms with E-state index in [1.54, 1.807) is 36.4 Å². The molecule has 34 heavy (non-hydrogen) atoms. The van der Waals surface area contributed by atoms with Crippen LogP contribution >= 0.6 is 0 Å². The van der Waals surface area contributed by atoms with Crippen molar-refractivity contribution < 1.29 is 29.3 Å². The molecule has 0 bridgehead atoms. The van der Waals surface area contributed by atoms with Gasteiger partial charge in [-0.05, 0) is 82.9 Å². The molecule has 0 aliphatic carbocycles. The second kappa shape index (κ2) is 10.6. The lowest BCUT2D eigenvalue weighted by atomic mass is 9.95. The lowest BCUT2D eigenvalue weighted by molar-refractivity contribution is -0.139. The molecule has 2 aromatic rings. The van der Waals surface area contributed by atoms with E-state index in [0.717, 1.165) is 6.54 Å². The molecule has 0 spiro atoms. The summed E-state index contributed by atoms with van der Waals surface area (Å²) in [5.41, 5.74) is 0.880. The van der Waals surface area contributed by atoms with Crippen molar-refractivity contribution >= 4 is 17.4 Å². The number of Topliss-reactive ketones (excluding diaryl/α,β-unsaturated/α-hetero) is 1. The molecule has 1 amide bonds. The molecule has 2 N–H and O–H groups in total. The molecule has 1 aliphatic heterocycles. The average molecular weight is 469 g/mol. The fourth-order valence-corrected chi connectivity index (χ4v) is 4.01. The van der Waals surface area contributed by atoms with Gasteiger partial charge in [0.05, 0.1) is 24.8 Å². The van der Waals surface area contributed by atoms with Crippen LogP contribution in [0.5, 0.6) is 17.2 Å². The molecule has 3 rings (SSSR count). The Kier molecular flexibility index (Phi) is 7.83. The number of nitrogens with zero attached hydrogens (tertiary/aromatic N) is 2. The van der Waals surface area contributed by atoms with E-state index in [9.17, 15) is 19.8 Å². The van der Waals surface area contributed by atoms with Crippen molar-refractivity contribution in [3.8, 4) is 17.2 Å². The Bertz CT molecular complexity index is 1080. The van der Waals surface area contributed by atoms with Gasteiger partial charge >= 0.3 is 0 Å². The summed E-state index contributed by atoms with van der Waals surface area (Å²) in [6, 6.07) is 10.6. The smallest absolute Gasteiger partial charge is 0.295 e. The molecule has 1 fully saturated rings. The minimum absolute atomic E-state index is 0.00492. The Balaban J connectivity index is 2.07. The zero-order valence-electron chi connectivity index (χ0n) is 20.2. The molecule has 182 valence electrons. The number of amides is 1. The van der Waals surface area contributed by atoms with Crippen molar-refractivity contribution in [1.29, 1.82) is 0 Å². The van der Waals surface area contributed by atoms with Gasteiger partial charge in [-0.1, -0.05) is 6.07 Å². The number of phenols is 1. The molecule has 1 saturated heterocycles. The number of ketones is 1. The number of rotatable bonds is 9. The summed E-state index contributed by atoms with van der Waals surface area (Å²) in [5.74, 6) is -0.925. The van der Waals surface area contributed by atoms with E-state index in [1.807, 2.05) is 32.8 Å². The number of aliphatic hydroxyl groups is 1. The highest BCUT2D eigenvalue weighted by atomic mass is 16.5. The van der Waals surface area contributed by atoms with E-state index in [2.05, 4.69) is 0 Å². The third kappa shape index (κ3) is 5.34. The van der Waals surface area contributed by atoms with Crippen LogP contribution in [0, 0.1) is 0 Å². The van der Waals surface area contributed by atoms with Crippen LogP contribution in [0.15, 0.2) is 48.0 Å². The summed E-state index contributed by atoms with van der Waals surface area (Å²) >= 11 is 0. The first-order valence-corrected chi connectivity index (χ1v) is 11.2. The minimum Gasteiger partial charge on any atom is -0.507 e. The normalized spacial score (nSPS) is 17.6. The molecule has 0 aromatic heterocycles. The van der Waals surface area contributed by atoms with Crippen molar-refractivity contribution in [2.75, 3.05) is 34.3 Å². The molecule has 1 unspecified atom stereocenters. The third-order valence-electron chi connectivity index (χ3n) is 5.56. The summed E-state index contributed by atoms with van der Waals surface area (Å²) in [7, 11) is 5.30. The monoisotopic (exact) mass is 468 g/mol. The number of benzene rings is 2. The molecule has 2 aromatic carbocycles. The van der Waals surface area contributed by atoms with E-state index >= 15 is 0 Å². The summed E-state index contributed by atoms with van der Waals surface area (Å²) in [4.78, 5) is 29.5. The average Bonchev–Trinajstić information content (AvgIpc) is 3.03. The third-order valence-corrected chi connectivity index (χ3v) is 5.56. The van der Waals surface area contributed by atoms with Crippen LogP contribution in [0.1, 0.15) is 37.4 Å². The first-order valence-electron chi connectivity index (χ1n) is 11.2. The van der Waals surface area contributed by atoms with E-state index < -0.39 is 17.7 Å². The molecule has 0 saturated carbocycles. The van der Waals surface area contributed by atoms with Crippen LogP contribution < -0.4 is 9.47 Å². The maximum Gasteiger partial charge on any atom is 0.295 e. The van der Waals surface area contributed by atoms with Crippen LogP contribution in [-0.4, -0.2) is 72.1 Å². The summed E-state index contributed by atoms with van der Waals surface area (Å²) in [6.07, 6.45) is 0.634. The number of ether oxygens (including phenoxy) is 2. The Morgan fingerprint density at radius 3 is 2.35 bits per heavy atom. The molecular formula is C26H32N2O6. The maximum absolute atomic E-state index is 13.1. The van der Waals surface area contributed by atoms with Gasteiger partial charge in [-0.3, -0.25) is 9.59 Å². The molecule has 0 radical (unpaired) electrons. The first-order chi connectivity index (χ1) is 16.1. The second-order valence-corrected chi connectivity index (χ2v) is 8.77. The standard InChI is InChI=1S/C26H32N2O6/c1-16(2)34-19-10-7-17(8-11-19)24(30)22-23(18-9-12-21(33-5)20(29)15-18)28(26(32)25(22)31)14-6-13-27(3)4/h7-12,15-16,23,29-30H,6,13-14H2,1-5H3/b24-22-. The van der Waals surface area contributed by atoms with Gasteiger partial charge < -0.3 is 29.5 Å². The van der Waals surface area contributed by atoms with Crippen molar-refractivity contribution in [2.24, 2.45) is 0 Å². The van der Waals surface area contributed by atoms with Gasteiger partial charge in [0.15, 0.2) is 11.5 Å². The Labute approximate surface area is 200 Å². The van der Waals surface area contributed by atoms with Crippen molar-refractivity contribution in [1.82, 2.24) is 9.80 Å². The number of phenolic OH excluding ortho intramolecular Hbond substituents is 1. The zero-order valence-corrected chi connectivity index (χ0v) is 20.2. The fraction of sp³-hybridized carbons (Fsp3) is 0.385. The lowest BCUT2D eigenvalue weighted by Gasteiger charge is -2.26. The number of carbonyl (C=O) groups excluding carboxylic acids is 2. The van der Waals surface area contributed by atoms with Gasteiger partial charge in [-0.15, -0.1) is 0 Å². The van der Waals surface area contributed by atoms with E-state index in [1.165, 1.54) is 18.1 Å². The van der Waals surface area contributed by atoms with Gasteiger partial charge in [0.25, 0.3) is 11.7 Å². The minimum atomic E-state index is -0.842. The number of methoxy groups -OCH3 is 1. The number of aliphatic hydroxyl groups excluding tert-OH is 1. The number of hydrogen-bond acceptors (Lipinski definition) is 7. The van der Waals surface area contributed by atoms with Crippen molar-refractivity contribution in [3.05, 3.63) is 59.2 Å². The van der Waals surface area contributed by atoms with E-state index in [0.29, 0.717) is 29.8 Å². The van der Waals surface area contributed by atoms with Crippen LogP contribution in [0.4, 0.5) is 0 Å². The summed E-state index contributed by atoms with van der Waals surface area (Å²) < 4.78 is 10.8. The fourth-order valence-electron chi connectivity index (χ4n) is 4.01. The topological polar surface area (TPSA) is 99.5 Å². The highest BCUT2D eigenvalue weighted by Gasteiger charge is 2.46. The first kappa shape index (κ1) is 25.1. The molecule has 8 nitrogen and oxygen atoms in total. The van der Waals surface area contributed by atoms with Crippen LogP contribution in [0.2, 0.25) is 0 Å². The Morgan fingerprint density at radius 1 is 1.12 bits per heavy atom. The highest BCUT2D eigenvalue weighted by molar-refractivity contribution is 6.46. The van der Waals surface area contributed by atoms with Crippen LogP contribution in [-0.2, 0) is 9.59 Å². The van der Waals surface area contributed by atoms with Gasteiger partial charge in [-0.2, -0.15) is 0 Å². The predicted octanol–water partition coefficient (Wildman–Crippen LogP) is 3.56. The predicted molar refractivity (Wildman–Crippen MR) is 129 cm³/mol. The van der Waals surface area contributed by atoms with Gasteiger partial charge in [0.1, 0.15) is 11.5 Å². The van der Waals surface area contributed by atoms with Crippen molar-refractivity contribution in [3.63, 3.8) is 0 Å². The van der Waals surface area contributed by atoms with Crippen LogP contribution in [0.25, 0.3) is 5.76 Å². The molecular weight excluding hydrogens is 436 g/mol. The summed E-state index contributed by atoms with van der Waals surface area (Å²) in [6.45, 7) is 4.87. The number of aromatic hydroxyl groups is 1. The quantitative estimate of drug-likeness (QED) is 0.330. The Morgan fingerprint density at radius 2 is 1.79 bits per heavy atom. The van der Waals surface area contributed by atoms with Crippen LogP contribution in [0.3, 0.4) is 0 Å². The van der Waals surface area contributed by atoms with E-state index in [4.69, 9.17) is 9.47 Å². The van der Waals surface area contributed by atoms with E-state index in [-0.39, 0.29) is 28.9 Å². The number of hydrogen-bond donors (Lipinski definition) is 2. The molecule has 1 heterocycles. The largest absolute Gasteiger partial charge is 0.507 e.